The first-order valence-electron chi connectivity index (χ1n) is 8.71. The number of nitrogens with one attached hydrogen (secondary N) is 1. The van der Waals surface area contributed by atoms with Gasteiger partial charge in [0.15, 0.2) is 0 Å². The summed E-state index contributed by atoms with van der Waals surface area (Å²) in [6.07, 6.45) is 4.22. The van der Waals surface area contributed by atoms with Crippen LogP contribution in [0.5, 0.6) is 0 Å². The fraction of sp³-hybridized carbons (Fsp3) is 0.300. The van der Waals surface area contributed by atoms with Gasteiger partial charge in [-0.3, -0.25) is 4.79 Å². The highest BCUT2D eigenvalue weighted by atomic mass is 32.2. The van der Waals surface area contributed by atoms with Gasteiger partial charge < -0.3 is 5.32 Å². The van der Waals surface area contributed by atoms with E-state index in [9.17, 15) is 13.2 Å². The van der Waals surface area contributed by atoms with Crippen molar-refractivity contribution in [2.75, 3.05) is 24.7 Å². The lowest BCUT2D eigenvalue weighted by Gasteiger charge is -2.30. The van der Waals surface area contributed by atoms with Crippen molar-refractivity contribution in [1.82, 2.24) is 9.29 Å². The fourth-order valence-corrected chi connectivity index (χ4v) is 3.86. The van der Waals surface area contributed by atoms with Crippen LogP contribution in [-0.4, -0.2) is 43.0 Å². The van der Waals surface area contributed by atoms with Crippen molar-refractivity contribution in [3.05, 3.63) is 59.9 Å². The van der Waals surface area contributed by atoms with Gasteiger partial charge in [-0.25, -0.2) is 17.7 Å². The zero-order valence-electron chi connectivity index (χ0n) is 15.1. The van der Waals surface area contributed by atoms with Crippen molar-refractivity contribution in [1.29, 1.82) is 0 Å². The summed E-state index contributed by atoms with van der Waals surface area (Å²) in [6, 6.07) is 12.8. The molecule has 27 heavy (non-hydrogen) atoms. The minimum Gasteiger partial charge on any atom is -0.326 e. The summed E-state index contributed by atoms with van der Waals surface area (Å²) in [5, 5.41) is 2.88. The first-order valence-corrected chi connectivity index (χ1v) is 10.6. The van der Waals surface area contributed by atoms with Crippen molar-refractivity contribution in [2.45, 2.75) is 12.8 Å². The van der Waals surface area contributed by atoms with E-state index in [2.05, 4.69) is 22.1 Å². The first-order chi connectivity index (χ1) is 12.9. The molecule has 0 saturated carbocycles. The van der Waals surface area contributed by atoms with Gasteiger partial charge in [0.05, 0.1) is 12.2 Å². The molecule has 1 aliphatic heterocycles. The molecule has 1 unspecified atom stereocenters. The van der Waals surface area contributed by atoms with Gasteiger partial charge in [-0.05, 0) is 49.1 Å². The minimum atomic E-state index is -3.28. The van der Waals surface area contributed by atoms with Crippen molar-refractivity contribution in [2.24, 2.45) is 5.92 Å². The summed E-state index contributed by atoms with van der Waals surface area (Å²) in [6.45, 7) is 0.699. The number of hydrogen-bond donors (Lipinski definition) is 1. The highest BCUT2D eigenvalue weighted by Gasteiger charge is 2.30. The van der Waals surface area contributed by atoms with Crippen LogP contribution >= 0.6 is 0 Å². The number of piperidine rings is 1. The Bertz CT molecular complexity index is 978. The number of anilines is 1. The summed E-state index contributed by atoms with van der Waals surface area (Å²) in [4.78, 5) is 16.7. The van der Waals surface area contributed by atoms with E-state index in [4.69, 9.17) is 0 Å². The summed E-state index contributed by atoms with van der Waals surface area (Å²) in [5.74, 6) is 5.49. The maximum Gasteiger partial charge on any atom is 0.228 e. The summed E-state index contributed by atoms with van der Waals surface area (Å²) in [5.41, 5.74) is 2.08. The zero-order chi connectivity index (χ0) is 19.3. The lowest BCUT2D eigenvalue weighted by atomic mass is 9.98. The average molecular weight is 383 g/mol. The van der Waals surface area contributed by atoms with E-state index in [1.807, 2.05) is 30.3 Å². The second kappa shape index (κ2) is 8.33. The molecule has 0 spiro atoms. The van der Waals surface area contributed by atoms with E-state index < -0.39 is 10.0 Å². The molecule has 7 heteroatoms. The molecular weight excluding hydrogens is 362 g/mol. The number of carbonyl (C=O) groups is 1. The fourth-order valence-electron chi connectivity index (χ4n) is 2.95. The monoisotopic (exact) mass is 383 g/mol. The maximum atomic E-state index is 12.6. The van der Waals surface area contributed by atoms with Crippen molar-refractivity contribution in [3.63, 3.8) is 0 Å². The molecule has 1 N–H and O–H groups in total. The van der Waals surface area contributed by atoms with E-state index in [0.717, 1.165) is 5.56 Å². The number of aromatic nitrogens is 1. The molecule has 1 saturated heterocycles. The topological polar surface area (TPSA) is 79.4 Å². The van der Waals surface area contributed by atoms with E-state index in [0.29, 0.717) is 30.8 Å². The van der Waals surface area contributed by atoms with Gasteiger partial charge in [-0.2, -0.15) is 0 Å². The zero-order valence-corrected chi connectivity index (χ0v) is 15.9. The van der Waals surface area contributed by atoms with Gasteiger partial charge in [0.25, 0.3) is 0 Å². The standard InChI is InChI=1S/C20H21N3O3S/c1-27(25,26)23-13-5-7-17(15-23)20(24)22-19-9-4-6-16(14-19)10-11-18-8-2-3-12-21-18/h2-4,6,8-9,12,14,17H,5,7,13,15H2,1H3,(H,22,24). The van der Waals surface area contributed by atoms with Crippen LogP contribution in [0.25, 0.3) is 0 Å². The second-order valence-electron chi connectivity index (χ2n) is 6.50. The summed E-state index contributed by atoms with van der Waals surface area (Å²) >= 11 is 0. The van der Waals surface area contributed by atoms with Gasteiger partial charge in [0.2, 0.25) is 15.9 Å². The molecule has 0 aliphatic carbocycles. The third kappa shape index (κ3) is 5.39. The smallest absolute Gasteiger partial charge is 0.228 e. The van der Waals surface area contributed by atoms with Crippen molar-refractivity contribution >= 4 is 21.6 Å². The summed E-state index contributed by atoms with van der Waals surface area (Å²) < 4.78 is 24.8. The SMILES string of the molecule is CS(=O)(=O)N1CCCC(C(=O)Nc2cccc(C#Cc3ccccn3)c2)C1. The van der Waals surface area contributed by atoms with E-state index in [1.54, 1.807) is 18.3 Å². The number of amides is 1. The van der Waals surface area contributed by atoms with Crippen LogP contribution in [0, 0.1) is 17.8 Å². The van der Waals surface area contributed by atoms with Gasteiger partial charge in [0.1, 0.15) is 5.69 Å². The third-order valence-electron chi connectivity index (χ3n) is 4.35. The van der Waals surface area contributed by atoms with Crippen LogP contribution in [0.3, 0.4) is 0 Å². The largest absolute Gasteiger partial charge is 0.326 e. The molecule has 1 fully saturated rings. The van der Waals surface area contributed by atoms with E-state index in [1.165, 1.54) is 10.6 Å². The number of benzene rings is 1. The lowest BCUT2D eigenvalue weighted by molar-refractivity contribution is -0.120. The van der Waals surface area contributed by atoms with E-state index in [-0.39, 0.29) is 18.4 Å². The Morgan fingerprint density at radius 2 is 2.07 bits per heavy atom. The maximum absolute atomic E-state index is 12.6. The van der Waals surface area contributed by atoms with Gasteiger partial charge in [0, 0.05) is 30.5 Å². The Morgan fingerprint density at radius 3 is 2.81 bits per heavy atom. The number of pyridine rings is 1. The molecular formula is C20H21N3O3S. The molecule has 1 aliphatic rings. The molecule has 3 rings (SSSR count). The Kier molecular flexibility index (Phi) is 5.89. The molecule has 2 heterocycles. The van der Waals surface area contributed by atoms with Crippen LogP contribution in [0.1, 0.15) is 24.1 Å². The lowest BCUT2D eigenvalue weighted by Crippen LogP contribution is -2.43. The summed E-state index contributed by atoms with van der Waals surface area (Å²) in [7, 11) is -3.28. The molecule has 2 aromatic rings. The second-order valence-corrected chi connectivity index (χ2v) is 8.48. The predicted octanol–water partition coefficient (Wildman–Crippen LogP) is 2.09. The molecule has 140 valence electrons. The average Bonchev–Trinajstić information content (AvgIpc) is 2.67. The molecule has 1 amide bonds. The number of hydrogen-bond acceptors (Lipinski definition) is 4. The Balaban J connectivity index is 1.67. The molecule has 6 nitrogen and oxygen atoms in total. The quantitative estimate of drug-likeness (QED) is 0.823. The number of carbonyl (C=O) groups excluding carboxylic acids is 1. The van der Waals surface area contributed by atoms with E-state index >= 15 is 0 Å². The molecule has 1 aromatic heterocycles. The van der Waals surface area contributed by atoms with Crippen LogP contribution in [-0.2, 0) is 14.8 Å². The Labute approximate surface area is 159 Å². The van der Waals surface area contributed by atoms with Crippen LogP contribution in [0.4, 0.5) is 5.69 Å². The molecule has 0 bridgehead atoms. The number of rotatable bonds is 3. The molecule has 0 radical (unpaired) electrons. The molecule has 1 atom stereocenters. The number of sulfonamides is 1. The van der Waals surface area contributed by atoms with Crippen LogP contribution < -0.4 is 5.32 Å². The highest BCUT2D eigenvalue weighted by molar-refractivity contribution is 7.88. The Morgan fingerprint density at radius 1 is 1.22 bits per heavy atom. The van der Waals surface area contributed by atoms with Crippen LogP contribution in [0.2, 0.25) is 0 Å². The van der Waals surface area contributed by atoms with Crippen molar-refractivity contribution in [3.8, 4) is 11.8 Å². The minimum absolute atomic E-state index is 0.168. The highest BCUT2D eigenvalue weighted by Crippen LogP contribution is 2.21. The Hall–Kier alpha value is -2.69. The van der Waals surface area contributed by atoms with Gasteiger partial charge in [-0.1, -0.05) is 18.1 Å². The first kappa shape index (κ1) is 19.1. The normalized spacial score (nSPS) is 17.6. The number of nitrogens with zero attached hydrogens (tertiary/aromatic N) is 2. The van der Waals surface area contributed by atoms with Crippen molar-refractivity contribution < 1.29 is 13.2 Å². The van der Waals surface area contributed by atoms with Gasteiger partial charge in [-0.15, -0.1) is 0 Å². The van der Waals surface area contributed by atoms with Crippen LogP contribution in [0.15, 0.2) is 48.7 Å². The third-order valence-corrected chi connectivity index (χ3v) is 5.62. The molecule has 1 aromatic carbocycles. The van der Waals surface area contributed by atoms with Gasteiger partial charge >= 0.3 is 0 Å². The predicted molar refractivity (Wildman–Crippen MR) is 104 cm³/mol.